The van der Waals surface area contributed by atoms with Crippen molar-refractivity contribution in [3.05, 3.63) is 77.6 Å². The summed E-state index contributed by atoms with van der Waals surface area (Å²) in [5.41, 5.74) is 8.58. The Bertz CT molecular complexity index is 1460. The van der Waals surface area contributed by atoms with Gasteiger partial charge in [-0.1, -0.05) is 30.3 Å². The zero-order chi connectivity index (χ0) is 26.0. The fourth-order valence-corrected chi connectivity index (χ4v) is 4.12. The molecule has 9 heteroatoms. The van der Waals surface area contributed by atoms with Gasteiger partial charge in [-0.2, -0.15) is 5.26 Å². The van der Waals surface area contributed by atoms with Crippen LogP contribution in [0.1, 0.15) is 34.3 Å². The van der Waals surface area contributed by atoms with E-state index in [1.807, 2.05) is 36.4 Å². The Labute approximate surface area is 215 Å². The summed E-state index contributed by atoms with van der Waals surface area (Å²) in [5, 5.41) is 21.1. The molecule has 0 radical (unpaired) electrons. The molecule has 0 aliphatic rings. The minimum atomic E-state index is -0.500. The number of nitrogens with zero attached hydrogens (tertiary/aromatic N) is 3. The molecule has 0 fully saturated rings. The maximum atomic E-state index is 12.2. The number of pyridine rings is 2. The van der Waals surface area contributed by atoms with Crippen LogP contribution in [0, 0.1) is 11.3 Å². The minimum Gasteiger partial charge on any atom is -0.369 e. The van der Waals surface area contributed by atoms with E-state index >= 15 is 0 Å². The van der Waals surface area contributed by atoms with Crippen LogP contribution in [0.2, 0.25) is 0 Å². The number of anilines is 1. The van der Waals surface area contributed by atoms with Crippen LogP contribution in [0.4, 0.5) is 5.82 Å². The van der Waals surface area contributed by atoms with E-state index in [0.29, 0.717) is 55.9 Å². The highest BCUT2D eigenvalue weighted by molar-refractivity contribution is 6.11. The summed E-state index contributed by atoms with van der Waals surface area (Å²) in [6.07, 6.45) is 5.00. The van der Waals surface area contributed by atoms with Gasteiger partial charge in [0.1, 0.15) is 5.82 Å². The van der Waals surface area contributed by atoms with E-state index in [9.17, 15) is 9.59 Å². The Kier molecular flexibility index (Phi) is 8.57. The molecule has 4 aromatic rings. The second-order valence-corrected chi connectivity index (χ2v) is 8.69. The van der Waals surface area contributed by atoms with Crippen LogP contribution >= 0.6 is 0 Å². The topological polar surface area (TPSA) is 146 Å². The van der Waals surface area contributed by atoms with Crippen molar-refractivity contribution in [2.75, 3.05) is 25.0 Å². The van der Waals surface area contributed by atoms with Crippen molar-refractivity contribution < 1.29 is 9.59 Å². The molecule has 2 aromatic carbocycles. The fourth-order valence-electron chi connectivity index (χ4n) is 4.12. The highest BCUT2D eigenvalue weighted by Crippen LogP contribution is 2.29. The summed E-state index contributed by atoms with van der Waals surface area (Å²) in [5.74, 6) is 0.186. The van der Waals surface area contributed by atoms with Crippen LogP contribution in [0.25, 0.3) is 21.7 Å². The van der Waals surface area contributed by atoms with Gasteiger partial charge in [0, 0.05) is 66.7 Å². The smallest absolute Gasteiger partial charge is 0.248 e. The number of nitrogens with two attached hydrogens (primary N) is 1. The monoisotopic (exact) mass is 495 g/mol. The number of aromatic nitrogens is 2. The van der Waals surface area contributed by atoms with Crippen LogP contribution < -0.4 is 21.7 Å². The van der Waals surface area contributed by atoms with Gasteiger partial charge in [-0.05, 0) is 35.7 Å². The lowest BCUT2D eigenvalue weighted by atomic mass is 10.1. The fraction of sp³-hybridized carbons (Fsp3) is 0.250. The number of hydrogen-bond acceptors (Lipinski definition) is 7. The maximum absolute atomic E-state index is 12.2. The Morgan fingerprint density at radius 2 is 1.84 bits per heavy atom. The van der Waals surface area contributed by atoms with E-state index in [0.717, 1.165) is 33.7 Å². The second-order valence-electron chi connectivity index (χ2n) is 8.69. The van der Waals surface area contributed by atoms with Crippen molar-refractivity contribution in [1.82, 2.24) is 20.6 Å². The van der Waals surface area contributed by atoms with E-state index in [2.05, 4.69) is 27.0 Å². The Hall–Kier alpha value is -4.55. The number of nitriles is 1. The lowest BCUT2D eigenvalue weighted by Gasteiger charge is -2.12. The van der Waals surface area contributed by atoms with E-state index in [1.165, 1.54) is 0 Å². The summed E-state index contributed by atoms with van der Waals surface area (Å²) >= 11 is 0. The third-order valence-corrected chi connectivity index (χ3v) is 5.98. The van der Waals surface area contributed by atoms with Gasteiger partial charge in [-0.15, -0.1) is 0 Å². The SMILES string of the molecule is N#CCc1cccc(CNCCC(=O)NCCCNc2nc3cc(C(N)=O)ccc3c3cnccc23)c1. The summed E-state index contributed by atoms with van der Waals surface area (Å²) in [4.78, 5) is 32.7. The van der Waals surface area contributed by atoms with E-state index in [4.69, 9.17) is 16.0 Å². The molecule has 4 rings (SSSR count). The average Bonchev–Trinajstić information content (AvgIpc) is 2.91. The molecular weight excluding hydrogens is 466 g/mol. The molecular formula is C28H29N7O2. The van der Waals surface area contributed by atoms with E-state index < -0.39 is 5.91 Å². The number of benzene rings is 2. The molecule has 0 aliphatic heterocycles. The van der Waals surface area contributed by atoms with Gasteiger partial charge in [-0.3, -0.25) is 14.6 Å². The van der Waals surface area contributed by atoms with Crippen molar-refractivity contribution in [2.24, 2.45) is 5.73 Å². The van der Waals surface area contributed by atoms with Crippen LogP contribution in [0.15, 0.2) is 60.9 Å². The van der Waals surface area contributed by atoms with Crippen molar-refractivity contribution in [3.8, 4) is 6.07 Å². The normalized spacial score (nSPS) is 10.8. The number of rotatable bonds is 12. The van der Waals surface area contributed by atoms with Gasteiger partial charge >= 0.3 is 0 Å². The first kappa shape index (κ1) is 25.5. The van der Waals surface area contributed by atoms with Gasteiger partial charge < -0.3 is 21.7 Å². The summed E-state index contributed by atoms with van der Waals surface area (Å²) in [6, 6.07) is 17.2. The molecule has 37 heavy (non-hydrogen) atoms. The number of fused-ring (bicyclic) bond motifs is 3. The van der Waals surface area contributed by atoms with Gasteiger partial charge in [0.2, 0.25) is 11.8 Å². The highest BCUT2D eigenvalue weighted by atomic mass is 16.1. The zero-order valence-electron chi connectivity index (χ0n) is 20.5. The zero-order valence-corrected chi connectivity index (χ0v) is 20.5. The number of hydrogen-bond donors (Lipinski definition) is 4. The standard InChI is InChI=1S/C28H29N7O2/c29-10-7-19-3-1-4-20(15-19)17-31-14-9-26(36)33-11-2-12-34-28-23-8-13-32-18-24(23)22-6-5-21(27(30)37)16-25(22)35-28/h1,3-6,8,13,15-16,18,31H,2,7,9,11-12,14,17H2,(H2,30,37)(H,33,36)(H,34,35). The lowest BCUT2D eigenvalue weighted by molar-refractivity contribution is -0.121. The molecule has 0 aliphatic carbocycles. The number of carbonyl (C=O) groups is 2. The number of primary amides is 1. The first-order chi connectivity index (χ1) is 18.0. The highest BCUT2D eigenvalue weighted by Gasteiger charge is 2.10. The Morgan fingerprint density at radius 1 is 0.973 bits per heavy atom. The summed E-state index contributed by atoms with van der Waals surface area (Å²) < 4.78 is 0. The Balaban J connectivity index is 1.23. The third-order valence-electron chi connectivity index (χ3n) is 5.98. The summed E-state index contributed by atoms with van der Waals surface area (Å²) in [7, 11) is 0. The molecule has 5 N–H and O–H groups in total. The predicted molar refractivity (Wildman–Crippen MR) is 144 cm³/mol. The largest absolute Gasteiger partial charge is 0.369 e. The van der Waals surface area contributed by atoms with Gasteiger partial charge in [0.05, 0.1) is 18.0 Å². The number of nitrogens with one attached hydrogen (secondary N) is 3. The first-order valence-electron chi connectivity index (χ1n) is 12.2. The van der Waals surface area contributed by atoms with E-state index in [-0.39, 0.29) is 5.91 Å². The first-order valence-corrected chi connectivity index (χ1v) is 12.2. The quantitative estimate of drug-likeness (QED) is 0.174. The predicted octanol–water partition coefficient (Wildman–Crippen LogP) is 3.05. The molecule has 2 amide bonds. The third kappa shape index (κ3) is 6.78. The molecule has 0 atom stereocenters. The van der Waals surface area contributed by atoms with Crippen LogP contribution in [0.3, 0.4) is 0 Å². The lowest BCUT2D eigenvalue weighted by Crippen LogP contribution is -2.29. The number of amides is 2. The van der Waals surface area contributed by atoms with Gasteiger partial charge in [0.15, 0.2) is 0 Å². The molecule has 0 spiro atoms. The van der Waals surface area contributed by atoms with Crippen molar-refractivity contribution in [3.63, 3.8) is 0 Å². The molecule has 0 saturated heterocycles. The molecule has 0 saturated carbocycles. The molecule has 0 unspecified atom stereocenters. The Morgan fingerprint density at radius 3 is 2.68 bits per heavy atom. The minimum absolute atomic E-state index is 0.00920. The second kappa shape index (κ2) is 12.4. The molecule has 188 valence electrons. The van der Waals surface area contributed by atoms with Crippen LogP contribution in [-0.4, -0.2) is 41.4 Å². The molecule has 0 bridgehead atoms. The van der Waals surface area contributed by atoms with Crippen molar-refractivity contribution in [2.45, 2.75) is 25.8 Å². The van der Waals surface area contributed by atoms with Crippen LogP contribution in [-0.2, 0) is 17.8 Å². The van der Waals surface area contributed by atoms with Crippen molar-refractivity contribution in [1.29, 1.82) is 5.26 Å². The van der Waals surface area contributed by atoms with Crippen LogP contribution in [0.5, 0.6) is 0 Å². The maximum Gasteiger partial charge on any atom is 0.248 e. The average molecular weight is 496 g/mol. The number of carbonyl (C=O) groups excluding carboxylic acids is 2. The molecule has 9 nitrogen and oxygen atoms in total. The molecule has 2 heterocycles. The van der Waals surface area contributed by atoms with Gasteiger partial charge in [-0.25, -0.2) is 4.98 Å². The van der Waals surface area contributed by atoms with Gasteiger partial charge in [0.25, 0.3) is 0 Å². The molecule has 2 aromatic heterocycles. The van der Waals surface area contributed by atoms with Crippen molar-refractivity contribution >= 4 is 39.3 Å². The van der Waals surface area contributed by atoms with E-state index in [1.54, 1.807) is 24.5 Å². The summed E-state index contributed by atoms with van der Waals surface area (Å²) in [6.45, 7) is 2.38.